The highest BCUT2D eigenvalue weighted by Crippen LogP contribution is 2.34. The van der Waals surface area contributed by atoms with Gasteiger partial charge in [0.15, 0.2) is 0 Å². The van der Waals surface area contributed by atoms with E-state index in [-0.39, 0.29) is 12.0 Å². The van der Waals surface area contributed by atoms with Crippen LogP contribution in [0, 0.1) is 0 Å². The van der Waals surface area contributed by atoms with Crippen molar-refractivity contribution < 1.29 is 19.4 Å². The van der Waals surface area contributed by atoms with E-state index in [4.69, 9.17) is 14.5 Å². The maximum Gasteiger partial charge on any atom is 0.407 e. The van der Waals surface area contributed by atoms with Crippen LogP contribution in [0.4, 0.5) is 10.7 Å². The van der Waals surface area contributed by atoms with Gasteiger partial charge in [-0.15, -0.1) is 0 Å². The fourth-order valence-electron chi connectivity index (χ4n) is 4.97. The highest BCUT2D eigenvalue weighted by Gasteiger charge is 2.39. The number of aromatic nitrogens is 2. The molecule has 202 valence electrons. The third-order valence-electron chi connectivity index (χ3n) is 6.92. The quantitative estimate of drug-likeness (QED) is 0.307. The molecule has 1 saturated heterocycles. The van der Waals surface area contributed by atoms with Crippen molar-refractivity contribution in [1.82, 2.24) is 15.3 Å². The Morgan fingerprint density at radius 2 is 1.64 bits per heavy atom. The minimum atomic E-state index is -0.666. The normalized spacial score (nSPS) is 14.8. The minimum Gasteiger partial charge on any atom is -0.493 e. The summed E-state index contributed by atoms with van der Waals surface area (Å²) in [5, 5.41) is 14.1. The second-order valence-corrected chi connectivity index (χ2v) is 10.3. The molecule has 4 aromatic rings. The summed E-state index contributed by atoms with van der Waals surface area (Å²) in [7, 11) is 0. The Morgan fingerprint density at radius 3 is 2.31 bits per heavy atom. The van der Waals surface area contributed by atoms with Crippen LogP contribution in [-0.2, 0) is 17.7 Å². The molecule has 8 nitrogen and oxygen atoms in total. The molecule has 39 heavy (non-hydrogen) atoms. The molecule has 0 spiro atoms. The molecule has 1 aromatic heterocycles. The van der Waals surface area contributed by atoms with Gasteiger partial charge in [0.2, 0.25) is 11.8 Å². The first-order valence-corrected chi connectivity index (χ1v) is 13.4. The van der Waals surface area contributed by atoms with Crippen LogP contribution in [0.2, 0.25) is 0 Å². The average Bonchev–Trinajstić information content (AvgIpc) is 2.93. The first kappa shape index (κ1) is 26.3. The van der Waals surface area contributed by atoms with Crippen molar-refractivity contribution in [2.75, 3.05) is 18.0 Å². The number of carbonyl (C=O) groups excluding carboxylic acids is 1. The number of fused-ring (bicyclic) bond motifs is 1. The van der Waals surface area contributed by atoms with Crippen molar-refractivity contribution >= 4 is 22.9 Å². The molecule has 5 rings (SSSR count). The van der Waals surface area contributed by atoms with Gasteiger partial charge in [-0.2, -0.15) is 4.98 Å². The van der Waals surface area contributed by atoms with Crippen LogP contribution in [0.1, 0.15) is 37.8 Å². The van der Waals surface area contributed by atoms with Crippen molar-refractivity contribution in [3.8, 4) is 11.6 Å². The number of alkyl carbamates (subject to hydrolysis) is 1. The third-order valence-corrected chi connectivity index (χ3v) is 6.92. The molecule has 1 aliphatic rings. The lowest BCUT2D eigenvalue weighted by molar-refractivity contribution is -0.00745. The molecule has 3 aromatic carbocycles. The van der Waals surface area contributed by atoms with E-state index in [2.05, 4.69) is 22.4 Å². The lowest BCUT2D eigenvalue weighted by atomic mass is 9.85. The number of aromatic hydroxyl groups is 1. The van der Waals surface area contributed by atoms with Crippen LogP contribution < -0.4 is 15.0 Å². The summed E-state index contributed by atoms with van der Waals surface area (Å²) in [5.41, 5.74) is 2.10. The number of nitrogens with zero attached hydrogens (tertiary/aromatic N) is 3. The van der Waals surface area contributed by atoms with Crippen LogP contribution in [0.25, 0.3) is 10.9 Å². The number of anilines is 1. The standard InChI is InChI=1S/C31H34N4O4/c1-22(2)38-25-13-14-27-26(19-25)28(36)34-29(33-27)35-17-15-31(16-18-35,20-23-9-5-3-6-10-23)39-30(37)32-21-24-11-7-4-8-12-24/h3-14,19,22H,15-18,20-21H2,1-2H3,(H,32,37)(H,33,34,36). The number of amides is 1. The molecular formula is C31H34N4O4. The van der Waals surface area contributed by atoms with Crippen LogP contribution in [0.15, 0.2) is 78.9 Å². The van der Waals surface area contributed by atoms with Crippen molar-refractivity contribution in [3.05, 3.63) is 90.0 Å². The van der Waals surface area contributed by atoms with E-state index in [1.54, 1.807) is 6.07 Å². The van der Waals surface area contributed by atoms with Gasteiger partial charge >= 0.3 is 6.09 Å². The van der Waals surface area contributed by atoms with E-state index < -0.39 is 11.7 Å². The van der Waals surface area contributed by atoms with Crippen molar-refractivity contribution in [2.24, 2.45) is 0 Å². The fourth-order valence-corrected chi connectivity index (χ4v) is 4.97. The van der Waals surface area contributed by atoms with Gasteiger partial charge in [0.05, 0.1) is 17.0 Å². The summed E-state index contributed by atoms with van der Waals surface area (Å²) in [6.07, 6.45) is 1.41. The Kier molecular flexibility index (Phi) is 7.81. The van der Waals surface area contributed by atoms with Gasteiger partial charge in [0, 0.05) is 38.9 Å². The van der Waals surface area contributed by atoms with Crippen LogP contribution in [0.5, 0.6) is 11.6 Å². The summed E-state index contributed by atoms with van der Waals surface area (Å²) in [5.74, 6) is 1.04. The Labute approximate surface area is 228 Å². The van der Waals surface area contributed by atoms with Crippen molar-refractivity contribution in [1.29, 1.82) is 0 Å². The summed E-state index contributed by atoms with van der Waals surface area (Å²) < 4.78 is 11.9. The van der Waals surface area contributed by atoms with E-state index >= 15 is 0 Å². The fraction of sp³-hybridized carbons (Fsp3) is 0.323. The number of piperidine rings is 1. The number of benzene rings is 3. The van der Waals surface area contributed by atoms with Crippen molar-refractivity contribution in [3.63, 3.8) is 0 Å². The SMILES string of the molecule is CC(C)Oc1ccc2nc(N3CCC(Cc4ccccc4)(OC(=O)NCc4ccccc4)CC3)nc(O)c2c1. The number of carbonyl (C=O) groups is 1. The topological polar surface area (TPSA) is 96.8 Å². The van der Waals surface area contributed by atoms with E-state index in [0.717, 1.165) is 11.1 Å². The minimum absolute atomic E-state index is 0.0249. The van der Waals surface area contributed by atoms with Crippen molar-refractivity contribution in [2.45, 2.75) is 51.4 Å². The average molecular weight is 527 g/mol. The lowest BCUT2D eigenvalue weighted by Gasteiger charge is -2.41. The smallest absolute Gasteiger partial charge is 0.407 e. The highest BCUT2D eigenvalue weighted by molar-refractivity contribution is 5.85. The lowest BCUT2D eigenvalue weighted by Crippen LogP contribution is -2.50. The Balaban J connectivity index is 1.31. The number of hydrogen-bond acceptors (Lipinski definition) is 7. The monoisotopic (exact) mass is 526 g/mol. The number of nitrogens with one attached hydrogen (secondary N) is 1. The van der Waals surface area contributed by atoms with Gasteiger partial charge in [-0.3, -0.25) is 0 Å². The third kappa shape index (κ3) is 6.57. The number of hydrogen-bond donors (Lipinski definition) is 2. The second kappa shape index (κ2) is 11.6. The highest BCUT2D eigenvalue weighted by atomic mass is 16.6. The molecule has 0 radical (unpaired) electrons. The number of rotatable bonds is 8. The Hall–Kier alpha value is -4.33. The first-order valence-electron chi connectivity index (χ1n) is 13.4. The van der Waals surface area contributed by atoms with Crippen LogP contribution in [0.3, 0.4) is 0 Å². The van der Waals surface area contributed by atoms with E-state index in [0.29, 0.717) is 61.5 Å². The summed E-state index contributed by atoms with van der Waals surface area (Å²) in [6.45, 7) is 5.47. The molecule has 0 bridgehead atoms. The maximum atomic E-state index is 12.9. The summed E-state index contributed by atoms with van der Waals surface area (Å²) in [4.78, 5) is 24.0. The zero-order valence-electron chi connectivity index (χ0n) is 22.3. The van der Waals surface area contributed by atoms with Crippen LogP contribution in [-0.4, -0.2) is 46.0 Å². The number of ether oxygens (including phenoxy) is 2. The van der Waals surface area contributed by atoms with Gasteiger partial charge in [0.1, 0.15) is 11.4 Å². The van der Waals surface area contributed by atoms with Gasteiger partial charge in [-0.25, -0.2) is 9.78 Å². The second-order valence-electron chi connectivity index (χ2n) is 10.3. The van der Waals surface area contributed by atoms with E-state index in [1.807, 2.05) is 79.4 Å². The first-order chi connectivity index (χ1) is 18.9. The molecular weight excluding hydrogens is 492 g/mol. The van der Waals surface area contributed by atoms with Gasteiger partial charge in [-0.1, -0.05) is 60.7 Å². The molecule has 1 amide bonds. The molecule has 0 unspecified atom stereocenters. The molecule has 2 heterocycles. The summed E-state index contributed by atoms with van der Waals surface area (Å²) in [6, 6.07) is 25.3. The molecule has 0 atom stereocenters. The Morgan fingerprint density at radius 1 is 0.974 bits per heavy atom. The molecule has 2 N–H and O–H groups in total. The van der Waals surface area contributed by atoms with Gasteiger partial charge in [-0.05, 0) is 43.2 Å². The van der Waals surface area contributed by atoms with E-state index in [1.165, 1.54) is 0 Å². The zero-order valence-corrected chi connectivity index (χ0v) is 22.3. The summed E-state index contributed by atoms with van der Waals surface area (Å²) >= 11 is 0. The van der Waals surface area contributed by atoms with Crippen LogP contribution >= 0.6 is 0 Å². The zero-order chi connectivity index (χ0) is 27.2. The molecule has 8 heteroatoms. The molecule has 0 saturated carbocycles. The predicted octanol–water partition coefficient (Wildman–Crippen LogP) is 5.63. The maximum absolute atomic E-state index is 12.9. The molecule has 0 aliphatic carbocycles. The largest absolute Gasteiger partial charge is 0.493 e. The van der Waals surface area contributed by atoms with Gasteiger partial charge in [0.25, 0.3) is 0 Å². The van der Waals surface area contributed by atoms with Gasteiger partial charge < -0.3 is 24.8 Å². The molecule has 1 aliphatic heterocycles. The Bertz CT molecular complexity index is 1400. The van der Waals surface area contributed by atoms with E-state index in [9.17, 15) is 9.90 Å². The predicted molar refractivity (Wildman–Crippen MR) is 151 cm³/mol. The molecule has 1 fully saturated rings.